The lowest BCUT2D eigenvalue weighted by Gasteiger charge is -2.39. The van der Waals surface area contributed by atoms with Gasteiger partial charge in [0.1, 0.15) is 0 Å². The average molecular weight is 572 g/mol. The van der Waals surface area contributed by atoms with E-state index in [1.165, 1.54) is 14.2 Å². The third-order valence-electron chi connectivity index (χ3n) is 7.81. The molecule has 0 saturated carbocycles. The largest absolute Gasteiger partial charge is 0.502 e. The highest BCUT2D eigenvalue weighted by Gasteiger charge is 2.53. The molecule has 1 saturated heterocycles. The molecule has 214 valence electrons. The van der Waals surface area contributed by atoms with Gasteiger partial charge in [0.15, 0.2) is 23.0 Å². The van der Waals surface area contributed by atoms with Crippen molar-refractivity contribution < 1.29 is 51.6 Å². The lowest BCUT2D eigenvalue weighted by atomic mass is 9.65. The molecule has 2 aliphatic heterocycles. The normalized spacial score (nSPS) is 22.4. The Labute approximate surface area is 231 Å². The number of hydrogen-bond donors (Lipinski definition) is 2. The van der Waals surface area contributed by atoms with Gasteiger partial charge in [-0.05, 0) is 65.2 Å². The maximum atomic E-state index is 13.3. The summed E-state index contributed by atoms with van der Waals surface area (Å²) in [6.07, 6.45) is -4.54. The Balaban J connectivity index is 1.46. The van der Waals surface area contributed by atoms with E-state index in [9.17, 15) is 27.9 Å². The molecule has 2 N–H and O–H groups in total. The van der Waals surface area contributed by atoms with Gasteiger partial charge in [0.2, 0.25) is 12.5 Å². The molecular formula is C29H24F3NO8. The number of nitrogens with one attached hydrogen (secondary N) is 1. The first-order valence-corrected chi connectivity index (χ1v) is 12.6. The van der Waals surface area contributed by atoms with Crippen LogP contribution in [0.25, 0.3) is 0 Å². The number of cyclic esters (lactones) is 1. The number of benzene rings is 3. The molecular weight excluding hydrogens is 547 g/mol. The van der Waals surface area contributed by atoms with Crippen LogP contribution < -0.4 is 24.3 Å². The van der Waals surface area contributed by atoms with Crippen LogP contribution in [0.3, 0.4) is 0 Å². The second-order valence-electron chi connectivity index (χ2n) is 9.93. The Morgan fingerprint density at radius 3 is 2.15 bits per heavy atom. The number of alkyl halides is 3. The SMILES string of the molecule is COc1cc([C@@H]2c3cc4c(cc3[C@@H](NC(=O)c3ccc(C(F)(F)F)cc3)[C@H]3COC(=O)[C@H]23)OCO4)cc(OC)c1O. The highest BCUT2D eigenvalue weighted by atomic mass is 19.4. The van der Waals surface area contributed by atoms with Crippen molar-refractivity contribution in [2.75, 3.05) is 27.6 Å². The van der Waals surface area contributed by atoms with Gasteiger partial charge < -0.3 is 34.1 Å². The van der Waals surface area contributed by atoms with Gasteiger partial charge in [0.25, 0.3) is 5.91 Å². The summed E-state index contributed by atoms with van der Waals surface area (Å²) in [6.45, 7) is -0.0145. The summed E-state index contributed by atoms with van der Waals surface area (Å²) in [5.74, 6) is -2.03. The lowest BCUT2D eigenvalue weighted by Crippen LogP contribution is -2.42. The van der Waals surface area contributed by atoms with Crippen molar-refractivity contribution in [1.29, 1.82) is 0 Å². The zero-order chi connectivity index (χ0) is 29.1. The fourth-order valence-corrected chi connectivity index (χ4v) is 5.88. The fourth-order valence-electron chi connectivity index (χ4n) is 5.88. The molecule has 4 atom stereocenters. The number of rotatable bonds is 5. The zero-order valence-corrected chi connectivity index (χ0v) is 21.8. The second kappa shape index (κ2) is 9.79. The van der Waals surface area contributed by atoms with Crippen molar-refractivity contribution in [3.8, 4) is 28.7 Å². The molecule has 9 nitrogen and oxygen atoms in total. The van der Waals surface area contributed by atoms with Crippen LogP contribution in [0.5, 0.6) is 28.7 Å². The van der Waals surface area contributed by atoms with Crippen LogP contribution in [-0.2, 0) is 15.7 Å². The molecule has 1 aliphatic carbocycles. The van der Waals surface area contributed by atoms with Gasteiger partial charge in [-0.3, -0.25) is 9.59 Å². The van der Waals surface area contributed by atoms with Crippen LogP contribution in [0, 0.1) is 11.8 Å². The fraction of sp³-hybridized carbons (Fsp3) is 0.310. The molecule has 3 aromatic rings. The van der Waals surface area contributed by atoms with Crippen molar-refractivity contribution in [2.45, 2.75) is 18.1 Å². The number of fused-ring (bicyclic) bond motifs is 3. The smallest absolute Gasteiger partial charge is 0.416 e. The van der Waals surface area contributed by atoms with E-state index >= 15 is 0 Å². The monoisotopic (exact) mass is 571 g/mol. The predicted octanol–water partition coefficient (Wildman–Crippen LogP) is 4.56. The molecule has 3 aromatic carbocycles. The number of methoxy groups -OCH3 is 2. The van der Waals surface area contributed by atoms with Crippen molar-refractivity contribution in [3.63, 3.8) is 0 Å². The Kier molecular flexibility index (Phi) is 6.35. The second-order valence-corrected chi connectivity index (χ2v) is 9.93. The minimum Gasteiger partial charge on any atom is -0.502 e. The minimum absolute atomic E-state index is 0.00179. The average Bonchev–Trinajstić information content (AvgIpc) is 3.58. The number of ether oxygens (including phenoxy) is 5. The van der Waals surface area contributed by atoms with E-state index in [1.807, 2.05) is 0 Å². The quantitative estimate of drug-likeness (QED) is 0.429. The van der Waals surface area contributed by atoms with Crippen LogP contribution in [0.1, 0.15) is 44.6 Å². The molecule has 41 heavy (non-hydrogen) atoms. The van der Waals surface area contributed by atoms with Crippen molar-refractivity contribution in [3.05, 3.63) is 76.3 Å². The number of carbonyl (C=O) groups is 2. The summed E-state index contributed by atoms with van der Waals surface area (Å²) in [4.78, 5) is 26.5. The summed E-state index contributed by atoms with van der Waals surface area (Å²) in [7, 11) is 2.79. The highest BCUT2D eigenvalue weighted by molar-refractivity contribution is 5.94. The summed E-state index contributed by atoms with van der Waals surface area (Å²) in [6, 6.07) is 9.84. The molecule has 0 bridgehead atoms. The minimum atomic E-state index is -4.54. The van der Waals surface area contributed by atoms with Crippen LogP contribution in [0.2, 0.25) is 0 Å². The van der Waals surface area contributed by atoms with E-state index in [1.54, 1.807) is 24.3 Å². The van der Waals surface area contributed by atoms with E-state index < -0.39 is 47.4 Å². The third-order valence-corrected chi connectivity index (χ3v) is 7.81. The number of halogens is 3. The molecule has 2 heterocycles. The first-order valence-electron chi connectivity index (χ1n) is 12.6. The van der Waals surface area contributed by atoms with Crippen molar-refractivity contribution >= 4 is 11.9 Å². The Bertz CT molecular complexity index is 1510. The van der Waals surface area contributed by atoms with Gasteiger partial charge in [-0.15, -0.1) is 0 Å². The zero-order valence-electron chi connectivity index (χ0n) is 21.8. The molecule has 1 fully saturated rings. The van der Waals surface area contributed by atoms with Crippen LogP contribution in [0.15, 0.2) is 48.5 Å². The summed E-state index contributed by atoms with van der Waals surface area (Å²) in [5.41, 5.74) is 1.02. The molecule has 0 radical (unpaired) electrons. The summed E-state index contributed by atoms with van der Waals surface area (Å²) < 4.78 is 66.6. The number of amides is 1. The van der Waals surface area contributed by atoms with Crippen molar-refractivity contribution in [2.24, 2.45) is 11.8 Å². The maximum Gasteiger partial charge on any atom is 0.416 e. The number of carbonyl (C=O) groups excluding carboxylic acids is 2. The van der Waals surface area contributed by atoms with Crippen molar-refractivity contribution in [1.82, 2.24) is 5.32 Å². The van der Waals surface area contributed by atoms with Gasteiger partial charge in [-0.25, -0.2) is 0 Å². The van der Waals surface area contributed by atoms with E-state index in [2.05, 4.69) is 5.32 Å². The Hall–Kier alpha value is -4.61. The molecule has 3 aliphatic rings. The van der Waals surface area contributed by atoms with E-state index in [-0.39, 0.29) is 36.2 Å². The molecule has 0 aromatic heterocycles. The van der Waals surface area contributed by atoms with Gasteiger partial charge in [0.05, 0.1) is 38.3 Å². The van der Waals surface area contributed by atoms with Gasteiger partial charge in [-0.1, -0.05) is 0 Å². The number of phenols is 1. The first kappa shape index (κ1) is 26.6. The van der Waals surface area contributed by atoms with Crippen LogP contribution >= 0.6 is 0 Å². The Morgan fingerprint density at radius 2 is 1.56 bits per heavy atom. The molecule has 1 amide bonds. The van der Waals surface area contributed by atoms with E-state index in [0.29, 0.717) is 28.2 Å². The molecule has 0 unspecified atom stereocenters. The van der Waals surface area contributed by atoms with Crippen LogP contribution in [-0.4, -0.2) is 44.6 Å². The maximum absolute atomic E-state index is 13.3. The van der Waals surface area contributed by atoms with Gasteiger partial charge >= 0.3 is 12.1 Å². The van der Waals surface area contributed by atoms with Gasteiger partial charge in [-0.2, -0.15) is 13.2 Å². The predicted molar refractivity (Wildman–Crippen MR) is 135 cm³/mol. The number of esters is 1. The Morgan fingerprint density at radius 1 is 0.951 bits per heavy atom. The lowest BCUT2D eigenvalue weighted by molar-refractivity contribution is -0.141. The summed E-state index contributed by atoms with van der Waals surface area (Å²) >= 11 is 0. The molecule has 0 spiro atoms. The number of aromatic hydroxyl groups is 1. The number of hydrogen-bond acceptors (Lipinski definition) is 8. The first-order chi connectivity index (χ1) is 19.6. The molecule has 12 heteroatoms. The van der Waals surface area contributed by atoms with E-state index in [0.717, 1.165) is 24.3 Å². The number of phenolic OH excluding ortho intramolecular Hbond substituents is 1. The third kappa shape index (κ3) is 4.43. The van der Waals surface area contributed by atoms with Crippen LogP contribution in [0.4, 0.5) is 13.2 Å². The van der Waals surface area contributed by atoms with Gasteiger partial charge in [0, 0.05) is 17.4 Å². The topological polar surface area (TPSA) is 113 Å². The van der Waals surface area contributed by atoms with E-state index in [4.69, 9.17) is 23.7 Å². The highest BCUT2D eigenvalue weighted by Crippen LogP contribution is 2.55. The molecule has 6 rings (SSSR count). The standard InChI is InChI=1S/C29H24F3NO8/c1-37-21-7-14(8-22(38-2)26(21)34)23-16-9-19-20(41-12-40-19)10-17(16)25(18-11-39-28(36)24(18)23)33-27(35)13-3-5-15(6-4-13)29(30,31)32/h3-10,18,23-25,34H,11-12H2,1-2H3,(H,33,35)/t18-,23+,24-,25+/m0/s1. The summed E-state index contributed by atoms with van der Waals surface area (Å²) in [5, 5.41) is 13.4.